The van der Waals surface area contributed by atoms with Gasteiger partial charge in [-0.05, 0) is 65.5 Å². The SMILES string of the molecule is C=C(C)C(CCC(C)C)C1C(=C)C2C=C(I)C=CC2C1C. The summed E-state index contributed by atoms with van der Waals surface area (Å²) in [5.41, 5.74) is 2.79. The summed E-state index contributed by atoms with van der Waals surface area (Å²) in [5.74, 6) is 3.82. The van der Waals surface area contributed by atoms with E-state index in [1.807, 2.05) is 0 Å². The molecular weight excluding hydrogens is 367 g/mol. The van der Waals surface area contributed by atoms with Crippen LogP contribution >= 0.6 is 22.6 Å². The van der Waals surface area contributed by atoms with Gasteiger partial charge in [-0.25, -0.2) is 0 Å². The molecule has 116 valence electrons. The summed E-state index contributed by atoms with van der Waals surface area (Å²) in [4.78, 5) is 0. The maximum atomic E-state index is 4.51. The number of rotatable bonds is 5. The smallest absolute Gasteiger partial charge is 0.00931 e. The van der Waals surface area contributed by atoms with Gasteiger partial charge in [0.15, 0.2) is 0 Å². The van der Waals surface area contributed by atoms with Gasteiger partial charge in [0.1, 0.15) is 0 Å². The molecule has 1 fully saturated rings. The van der Waals surface area contributed by atoms with Crippen molar-refractivity contribution < 1.29 is 0 Å². The Morgan fingerprint density at radius 1 is 1.33 bits per heavy atom. The lowest BCUT2D eigenvalue weighted by atomic mass is 9.75. The van der Waals surface area contributed by atoms with Crippen LogP contribution in [0.15, 0.2) is 46.1 Å². The largest absolute Gasteiger partial charge is 0.0998 e. The van der Waals surface area contributed by atoms with Crippen molar-refractivity contribution in [2.24, 2.45) is 35.5 Å². The first-order valence-electron chi connectivity index (χ1n) is 8.22. The highest BCUT2D eigenvalue weighted by Crippen LogP contribution is 2.53. The summed E-state index contributed by atoms with van der Waals surface area (Å²) in [7, 11) is 0. The van der Waals surface area contributed by atoms with Crippen molar-refractivity contribution in [2.45, 2.75) is 40.5 Å². The van der Waals surface area contributed by atoms with Crippen molar-refractivity contribution in [2.75, 3.05) is 0 Å². The molecule has 0 heterocycles. The topological polar surface area (TPSA) is 0 Å². The maximum absolute atomic E-state index is 4.51. The predicted octanol–water partition coefficient (Wildman–Crippen LogP) is 6.56. The quantitative estimate of drug-likeness (QED) is 0.365. The van der Waals surface area contributed by atoms with Gasteiger partial charge in [-0.2, -0.15) is 0 Å². The second kappa shape index (κ2) is 6.85. The molecule has 0 aromatic heterocycles. The minimum absolute atomic E-state index is 0.544. The zero-order chi connectivity index (χ0) is 15.7. The van der Waals surface area contributed by atoms with E-state index in [-0.39, 0.29) is 0 Å². The zero-order valence-electron chi connectivity index (χ0n) is 13.9. The van der Waals surface area contributed by atoms with E-state index in [0.717, 1.165) is 5.92 Å². The van der Waals surface area contributed by atoms with Gasteiger partial charge in [0.25, 0.3) is 0 Å². The van der Waals surface area contributed by atoms with Crippen LogP contribution in [0.25, 0.3) is 0 Å². The van der Waals surface area contributed by atoms with Crippen LogP contribution in [0, 0.1) is 35.5 Å². The second-order valence-electron chi connectivity index (χ2n) is 7.40. The molecule has 5 atom stereocenters. The molecule has 0 radical (unpaired) electrons. The number of hydrogen-bond acceptors (Lipinski definition) is 0. The number of allylic oxidation sites excluding steroid dienone is 6. The van der Waals surface area contributed by atoms with Gasteiger partial charge in [-0.3, -0.25) is 0 Å². The lowest BCUT2D eigenvalue weighted by molar-refractivity contribution is 0.289. The normalized spacial score (nSPS) is 33.0. The maximum Gasteiger partial charge on any atom is 0.00931 e. The molecule has 0 aliphatic heterocycles. The van der Waals surface area contributed by atoms with Gasteiger partial charge in [0.05, 0.1) is 0 Å². The van der Waals surface area contributed by atoms with Gasteiger partial charge in [0, 0.05) is 9.50 Å². The highest BCUT2D eigenvalue weighted by atomic mass is 127. The Kier molecular flexibility index (Phi) is 5.56. The number of halogens is 1. The van der Waals surface area contributed by atoms with Crippen LogP contribution in [0.3, 0.4) is 0 Å². The summed E-state index contributed by atoms with van der Waals surface area (Å²) >= 11 is 2.43. The molecule has 0 bridgehead atoms. The van der Waals surface area contributed by atoms with Crippen LogP contribution in [0.1, 0.15) is 40.5 Å². The Bertz CT molecular complexity index is 480. The third-order valence-corrected chi connectivity index (χ3v) is 6.10. The van der Waals surface area contributed by atoms with Gasteiger partial charge in [0.2, 0.25) is 0 Å². The Hall–Kier alpha value is -0.310. The van der Waals surface area contributed by atoms with E-state index in [4.69, 9.17) is 0 Å². The molecular formula is C20H29I. The Morgan fingerprint density at radius 2 is 2.00 bits per heavy atom. The Morgan fingerprint density at radius 3 is 2.57 bits per heavy atom. The van der Waals surface area contributed by atoms with Crippen LogP contribution in [0.5, 0.6) is 0 Å². The van der Waals surface area contributed by atoms with Crippen LogP contribution in [-0.4, -0.2) is 0 Å². The molecule has 2 rings (SSSR count). The van der Waals surface area contributed by atoms with Crippen LogP contribution in [0.2, 0.25) is 0 Å². The minimum atomic E-state index is 0.544. The molecule has 0 spiro atoms. The number of fused-ring (bicyclic) bond motifs is 1. The highest BCUT2D eigenvalue weighted by molar-refractivity contribution is 14.1. The first kappa shape index (κ1) is 17.1. The number of hydrogen-bond donors (Lipinski definition) is 0. The summed E-state index contributed by atoms with van der Waals surface area (Å²) in [6, 6.07) is 0. The van der Waals surface area contributed by atoms with Crippen molar-refractivity contribution in [1.29, 1.82) is 0 Å². The molecule has 0 saturated heterocycles. The van der Waals surface area contributed by atoms with Crippen LogP contribution in [0.4, 0.5) is 0 Å². The second-order valence-corrected chi connectivity index (χ2v) is 8.64. The van der Waals surface area contributed by atoms with Crippen molar-refractivity contribution in [3.8, 4) is 0 Å². The highest BCUT2D eigenvalue weighted by Gasteiger charge is 2.45. The standard InChI is InChI=1S/C20H29I/c1-12(2)7-9-17(13(3)4)20-14(5)18-10-8-16(21)11-19(18)15(20)6/h8,10-12,14,17-20H,3,6-7,9H2,1-2,4-5H3. The molecule has 1 saturated carbocycles. The van der Waals surface area contributed by atoms with Gasteiger partial charge < -0.3 is 0 Å². The molecule has 5 unspecified atom stereocenters. The monoisotopic (exact) mass is 396 g/mol. The zero-order valence-corrected chi connectivity index (χ0v) is 16.1. The summed E-state index contributed by atoms with van der Waals surface area (Å²) < 4.78 is 1.36. The molecule has 1 heteroatoms. The van der Waals surface area contributed by atoms with Crippen molar-refractivity contribution in [3.63, 3.8) is 0 Å². The molecule has 2 aliphatic rings. The molecule has 21 heavy (non-hydrogen) atoms. The van der Waals surface area contributed by atoms with E-state index in [1.165, 1.54) is 27.6 Å². The van der Waals surface area contributed by atoms with E-state index < -0.39 is 0 Å². The van der Waals surface area contributed by atoms with E-state index in [2.05, 4.69) is 81.7 Å². The lowest BCUT2D eigenvalue weighted by Gasteiger charge is -2.30. The first-order valence-corrected chi connectivity index (χ1v) is 9.30. The van der Waals surface area contributed by atoms with Crippen molar-refractivity contribution in [1.82, 2.24) is 0 Å². The third kappa shape index (κ3) is 3.55. The fourth-order valence-electron chi connectivity index (χ4n) is 4.19. The summed E-state index contributed by atoms with van der Waals surface area (Å²) in [5, 5.41) is 0. The van der Waals surface area contributed by atoms with E-state index in [1.54, 1.807) is 0 Å². The molecule has 2 aliphatic carbocycles. The molecule has 0 amide bonds. The van der Waals surface area contributed by atoms with Crippen molar-refractivity contribution in [3.05, 3.63) is 46.1 Å². The molecule has 0 aromatic rings. The van der Waals surface area contributed by atoms with Crippen LogP contribution < -0.4 is 0 Å². The van der Waals surface area contributed by atoms with E-state index in [0.29, 0.717) is 29.6 Å². The van der Waals surface area contributed by atoms with Gasteiger partial charge in [-0.15, -0.1) is 0 Å². The Labute approximate surface area is 144 Å². The fourth-order valence-corrected chi connectivity index (χ4v) is 4.78. The van der Waals surface area contributed by atoms with Gasteiger partial charge >= 0.3 is 0 Å². The van der Waals surface area contributed by atoms with E-state index in [9.17, 15) is 0 Å². The predicted molar refractivity (Wildman–Crippen MR) is 102 cm³/mol. The lowest BCUT2D eigenvalue weighted by Crippen LogP contribution is -2.22. The van der Waals surface area contributed by atoms with Crippen LogP contribution in [-0.2, 0) is 0 Å². The third-order valence-electron chi connectivity index (χ3n) is 5.38. The summed E-state index contributed by atoms with van der Waals surface area (Å²) in [6.07, 6.45) is 9.65. The van der Waals surface area contributed by atoms with Crippen molar-refractivity contribution >= 4 is 22.6 Å². The summed E-state index contributed by atoms with van der Waals surface area (Å²) in [6.45, 7) is 18.1. The minimum Gasteiger partial charge on any atom is -0.0998 e. The van der Waals surface area contributed by atoms with E-state index >= 15 is 0 Å². The average Bonchev–Trinajstić information content (AvgIpc) is 2.63. The molecule has 0 aromatic carbocycles. The Balaban J connectivity index is 2.23. The first-order chi connectivity index (χ1) is 9.82. The molecule has 0 N–H and O–H groups in total. The molecule has 0 nitrogen and oxygen atoms in total. The van der Waals surface area contributed by atoms with Gasteiger partial charge in [-0.1, -0.05) is 69.7 Å². The average molecular weight is 396 g/mol. The fraction of sp³-hybridized carbons (Fsp3) is 0.600.